The Morgan fingerprint density at radius 3 is 2.22 bits per heavy atom. The molecule has 2 amide bonds. The van der Waals surface area contributed by atoms with Crippen LogP contribution in [0.15, 0.2) is 30.5 Å². The van der Waals surface area contributed by atoms with Crippen LogP contribution in [0.3, 0.4) is 0 Å². The lowest BCUT2D eigenvalue weighted by Crippen LogP contribution is -2.55. The molecule has 12 nitrogen and oxygen atoms in total. The lowest BCUT2D eigenvalue weighted by atomic mass is 10.0. The molecule has 0 saturated heterocycles. The highest BCUT2D eigenvalue weighted by Crippen LogP contribution is 2.18. The quantitative estimate of drug-likeness (QED) is 0.221. The predicted molar refractivity (Wildman–Crippen MR) is 111 cm³/mol. The summed E-state index contributed by atoms with van der Waals surface area (Å²) < 4.78 is 0. The molecule has 0 aliphatic carbocycles. The molecule has 3 unspecified atom stereocenters. The van der Waals surface area contributed by atoms with Crippen molar-refractivity contribution in [2.75, 3.05) is 0 Å². The molecule has 12 heteroatoms. The largest absolute Gasteiger partial charge is 0.481 e. The number of para-hydroxylation sites is 1. The van der Waals surface area contributed by atoms with Crippen LogP contribution in [0.5, 0.6) is 0 Å². The number of H-pyrrole nitrogens is 1. The van der Waals surface area contributed by atoms with Crippen LogP contribution < -0.4 is 16.4 Å². The summed E-state index contributed by atoms with van der Waals surface area (Å²) in [6, 6.07) is 3.13. The Bertz CT molecular complexity index is 1020. The number of carboxylic acid groups (broad SMARTS) is 3. The van der Waals surface area contributed by atoms with Crippen LogP contribution in [0.25, 0.3) is 10.9 Å². The minimum Gasteiger partial charge on any atom is -0.481 e. The molecule has 0 aliphatic heterocycles. The second kappa shape index (κ2) is 10.9. The van der Waals surface area contributed by atoms with Gasteiger partial charge in [-0.15, -0.1) is 0 Å². The standard InChI is InChI=1S/C20H24N4O8/c21-12(7-10-9-22-13-4-2-1-3-11(10)13)18(29)23-14(5-6-16(25)26)19(30)24-15(20(31)32)8-17(27)28/h1-4,9,12,14-15,22H,5-8,21H2,(H,23,29)(H,24,30)(H,25,26)(H,27,28)(H,31,32). The molecule has 0 spiro atoms. The molecule has 2 aromatic rings. The molecule has 0 saturated carbocycles. The summed E-state index contributed by atoms with van der Waals surface area (Å²) in [5.41, 5.74) is 7.59. The van der Waals surface area contributed by atoms with Gasteiger partial charge in [0.2, 0.25) is 11.8 Å². The van der Waals surface area contributed by atoms with Gasteiger partial charge in [-0.05, 0) is 24.5 Å². The Balaban J connectivity index is 2.09. The maximum absolute atomic E-state index is 12.6. The fourth-order valence-corrected chi connectivity index (χ4v) is 3.09. The van der Waals surface area contributed by atoms with Crippen molar-refractivity contribution >= 4 is 40.6 Å². The topological polar surface area (TPSA) is 212 Å². The lowest BCUT2D eigenvalue weighted by Gasteiger charge is -2.22. The van der Waals surface area contributed by atoms with Gasteiger partial charge in [-0.1, -0.05) is 18.2 Å². The Morgan fingerprint density at radius 1 is 0.938 bits per heavy atom. The smallest absolute Gasteiger partial charge is 0.326 e. The maximum Gasteiger partial charge on any atom is 0.326 e. The Morgan fingerprint density at radius 2 is 1.59 bits per heavy atom. The molecule has 3 atom stereocenters. The fourth-order valence-electron chi connectivity index (χ4n) is 3.09. The summed E-state index contributed by atoms with van der Waals surface area (Å²) in [7, 11) is 0. The van der Waals surface area contributed by atoms with E-state index in [0.717, 1.165) is 16.5 Å². The van der Waals surface area contributed by atoms with Crippen molar-refractivity contribution in [3.05, 3.63) is 36.0 Å². The number of amides is 2. The van der Waals surface area contributed by atoms with Crippen LogP contribution in [0.2, 0.25) is 0 Å². The summed E-state index contributed by atoms with van der Waals surface area (Å²) in [6.07, 6.45) is 0.106. The van der Waals surface area contributed by atoms with E-state index in [-0.39, 0.29) is 12.8 Å². The van der Waals surface area contributed by atoms with Gasteiger partial charge >= 0.3 is 17.9 Å². The highest BCUT2D eigenvalue weighted by Gasteiger charge is 2.29. The van der Waals surface area contributed by atoms with Crippen LogP contribution in [0.1, 0.15) is 24.8 Å². The first-order valence-electron chi connectivity index (χ1n) is 9.66. The first-order valence-corrected chi connectivity index (χ1v) is 9.66. The predicted octanol–water partition coefficient (Wildman–Crippen LogP) is -0.569. The van der Waals surface area contributed by atoms with Gasteiger partial charge in [0.15, 0.2) is 0 Å². The summed E-state index contributed by atoms with van der Waals surface area (Å²) >= 11 is 0. The number of nitrogens with two attached hydrogens (primary N) is 1. The van der Waals surface area contributed by atoms with Crippen LogP contribution in [-0.2, 0) is 30.4 Å². The molecular formula is C20H24N4O8. The molecule has 0 fully saturated rings. The molecule has 0 radical (unpaired) electrons. The minimum atomic E-state index is -1.75. The van der Waals surface area contributed by atoms with E-state index in [4.69, 9.17) is 21.1 Å². The molecule has 1 aromatic carbocycles. The molecule has 0 aliphatic rings. The Hall–Kier alpha value is -3.93. The monoisotopic (exact) mass is 448 g/mol. The van der Waals surface area contributed by atoms with Crippen LogP contribution >= 0.6 is 0 Å². The maximum atomic E-state index is 12.6. The van der Waals surface area contributed by atoms with E-state index in [1.165, 1.54) is 0 Å². The SMILES string of the molecule is NC(Cc1c[nH]c2ccccc12)C(=O)NC(CCC(=O)O)C(=O)NC(CC(=O)O)C(=O)O. The van der Waals surface area contributed by atoms with Crippen molar-refractivity contribution in [3.8, 4) is 0 Å². The van der Waals surface area contributed by atoms with E-state index < -0.39 is 60.7 Å². The van der Waals surface area contributed by atoms with E-state index in [0.29, 0.717) is 0 Å². The normalized spacial score (nSPS) is 13.7. The molecule has 8 N–H and O–H groups in total. The van der Waals surface area contributed by atoms with Crippen molar-refractivity contribution < 1.29 is 39.3 Å². The van der Waals surface area contributed by atoms with Crippen LogP contribution in [-0.4, -0.2) is 68.2 Å². The average molecular weight is 448 g/mol. The average Bonchev–Trinajstić information content (AvgIpc) is 3.12. The van der Waals surface area contributed by atoms with Gasteiger partial charge in [0.05, 0.1) is 12.5 Å². The Kier molecular flexibility index (Phi) is 8.30. The van der Waals surface area contributed by atoms with Crippen molar-refractivity contribution in [1.29, 1.82) is 0 Å². The number of carbonyl (C=O) groups excluding carboxylic acids is 2. The highest BCUT2D eigenvalue weighted by molar-refractivity contribution is 5.93. The van der Waals surface area contributed by atoms with Crippen molar-refractivity contribution in [1.82, 2.24) is 15.6 Å². The highest BCUT2D eigenvalue weighted by atomic mass is 16.4. The molecule has 2 rings (SSSR count). The van der Waals surface area contributed by atoms with Gasteiger partial charge in [-0.25, -0.2) is 4.79 Å². The third kappa shape index (κ3) is 6.80. The Labute approximate surface area is 181 Å². The summed E-state index contributed by atoms with van der Waals surface area (Å²) in [5, 5.41) is 32.0. The number of hydrogen-bond donors (Lipinski definition) is 7. The summed E-state index contributed by atoms with van der Waals surface area (Å²) in [4.78, 5) is 61.0. The molecule has 1 aromatic heterocycles. The van der Waals surface area contributed by atoms with Gasteiger partial charge in [0, 0.05) is 23.5 Å². The first kappa shape index (κ1) is 24.3. The number of aromatic nitrogens is 1. The van der Waals surface area contributed by atoms with E-state index >= 15 is 0 Å². The molecule has 32 heavy (non-hydrogen) atoms. The van der Waals surface area contributed by atoms with Crippen molar-refractivity contribution in [2.24, 2.45) is 5.73 Å². The zero-order valence-electron chi connectivity index (χ0n) is 16.9. The zero-order chi connectivity index (χ0) is 23.8. The van der Waals surface area contributed by atoms with Crippen molar-refractivity contribution in [3.63, 3.8) is 0 Å². The number of rotatable bonds is 12. The van der Waals surface area contributed by atoms with Gasteiger partial charge < -0.3 is 36.7 Å². The number of hydrogen-bond acceptors (Lipinski definition) is 6. The fraction of sp³-hybridized carbons (Fsp3) is 0.350. The number of aliphatic carboxylic acids is 3. The third-order valence-corrected chi connectivity index (χ3v) is 4.72. The van der Waals surface area contributed by atoms with Gasteiger partial charge in [-0.3, -0.25) is 19.2 Å². The van der Waals surface area contributed by atoms with Crippen molar-refractivity contribution in [2.45, 2.75) is 43.8 Å². The number of nitrogens with one attached hydrogen (secondary N) is 3. The first-order chi connectivity index (χ1) is 15.1. The van der Waals surface area contributed by atoms with Crippen LogP contribution in [0.4, 0.5) is 0 Å². The van der Waals surface area contributed by atoms with Crippen LogP contribution in [0, 0.1) is 0 Å². The zero-order valence-corrected chi connectivity index (χ0v) is 16.9. The third-order valence-electron chi connectivity index (χ3n) is 4.72. The second-order valence-electron chi connectivity index (χ2n) is 7.16. The van der Waals surface area contributed by atoms with E-state index in [9.17, 15) is 24.0 Å². The van der Waals surface area contributed by atoms with E-state index in [1.807, 2.05) is 29.6 Å². The summed E-state index contributed by atoms with van der Waals surface area (Å²) in [6.45, 7) is 0. The lowest BCUT2D eigenvalue weighted by molar-refractivity contribution is -0.147. The number of carboxylic acids is 3. The molecule has 1 heterocycles. The molecule has 172 valence electrons. The minimum absolute atomic E-state index is 0.125. The number of aromatic amines is 1. The van der Waals surface area contributed by atoms with Gasteiger partial charge in [0.25, 0.3) is 0 Å². The summed E-state index contributed by atoms with van der Waals surface area (Å²) in [5.74, 6) is -6.04. The molecular weight excluding hydrogens is 424 g/mol. The van der Waals surface area contributed by atoms with E-state index in [1.54, 1.807) is 6.20 Å². The van der Waals surface area contributed by atoms with Gasteiger partial charge in [0.1, 0.15) is 12.1 Å². The number of carbonyl (C=O) groups is 5. The van der Waals surface area contributed by atoms with E-state index in [2.05, 4.69) is 10.3 Å². The second-order valence-corrected chi connectivity index (χ2v) is 7.16. The molecule has 0 bridgehead atoms. The number of fused-ring (bicyclic) bond motifs is 1. The van der Waals surface area contributed by atoms with Gasteiger partial charge in [-0.2, -0.15) is 0 Å². The number of benzene rings is 1.